The molecule has 0 aromatic carbocycles. The Balaban J connectivity index is -0.00000000500. The van der Waals surface area contributed by atoms with Crippen molar-refractivity contribution in [3.63, 3.8) is 0 Å². The molecule has 0 aliphatic heterocycles. The van der Waals surface area contributed by atoms with E-state index < -0.39 is 0 Å². The van der Waals surface area contributed by atoms with Crippen LogP contribution in [0.25, 0.3) is 0 Å². The van der Waals surface area contributed by atoms with E-state index >= 15 is 0 Å². The van der Waals surface area contributed by atoms with Crippen LogP contribution < -0.4 is 0 Å². The first-order valence-corrected chi connectivity index (χ1v) is 1.30. The van der Waals surface area contributed by atoms with Crippen LogP contribution in [-0.2, 0) is 21.7 Å². The Morgan fingerprint density at radius 1 is 1.00 bits per heavy atom. The van der Waals surface area contributed by atoms with Crippen LogP contribution in [0.2, 0.25) is 0 Å². The van der Waals surface area contributed by atoms with Crippen LogP contribution in [0.3, 0.4) is 0 Å². The Morgan fingerprint density at radius 2 is 1.00 bits per heavy atom. The van der Waals surface area contributed by atoms with Crippen molar-refractivity contribution in [3.8, 4) is 0 Å². The summed E-state index contributed by atoms with van der Waals surface area (Å²) in [5.74, 6) is 0. The number of aliphatic hydroxyl groups excluding tert-OH is 2. The minimum Gasteiger partial charge on any atom is -0.521 e. The molecule has 0 radical (unpaired) electrons. The molecule has 0 atom stereocenters. The van der Waals surface area contributed by atoms with Gasteiger partial charge in [-0.05, 0) is 0 Å². The van der Waals surface area contributed by atoms with E-state index in [0.29, 0.717) is 0 Å². The zero-order valence-electron chi connectivity index (χ0n) is 5.68. The van der Waals surface area contributed by atoms with E-state index in [1.54, 1.807) is 0 Å². The number of hydrogen-bond acceptors (Lipinski definition) is 2. The molecule has 0 saturated carbocycles. The average Bonchev–Trinajstić information content (AvgIpc) is 1.81. The second-order valence-electron chi connectivity index (χ2n) is 0. The van der Waals surface area contributed by atoms with Gasteiger partial charge in [0.2, 0.25) is 0 Å². The van der Waals surface area contributed by atoms with E-state index in [0.717, 1.165) is 14.2 Å². The minimum atomic E-state index is 0. The Morgan fingerprint density at radius 3 is 1.00 bits per heavy atom. The van der Waals surface area contributed by atoms with E-state index in [1.165, 1.54) is 0 Å². The van der Waals surface area contributed by atoms with Crippen molar-refractivity contribution < 1.29 is 31.9 Å². The van der Waals surface area contributed by atoms with E-state index in [-0.39, 0.29) is 29.1 Å². The quantitative estimate of drug-likeness (QED) is 0.388. The summed E-state index contributed by atoms with van der Waals surface area (Å²) in [5, 5.41) is 14.0. The standard InChI is InChI=1S/C2H3.2CH4O.CH3.Ti/c3*1-2;;/h1H,2H2;2*2H,1H3;1H3;/q-1;;;-1;+2. The minimum absolute atomic E-state index is 0. The van der Waals surface area contributed by atoms with Gasteiger partial charge >= 0.3 is 21.7 Å². The van der Waals surface area contributed by atoms with Crippen molar-refractivity contribution >= 4 is 0 Å². The maximum atomic E-state index is 7.00. The number of hydrogen-bond donors (Lipinski definition) is 2. The van der Waals surface area contributed by atoms with Crippen LogP contribution in [0, 0.1) is 14.0 Å². The molecule has 50 valence electrons. The van der Waals surface area contributed by atoms with E-state index in [9.17, 15) is 0 Å². The molecule has 0 rings (SSSR count). The van der Waals surface area contributed by atoms with Crippen molar-refractivity contribution in [1.29, 1.82) is 0 Å². The van der Waals surface area contributed by atoms with Crippen molar-refractivity contribution in [1.82, 2.24) is 0 Å². The normalized spacial score (nSPS) is 2.00. The summed E-state index contributed by atoms with van der Waals surface area (Å²) in [6, 6.07) is 0. The molecule has 3 heteroatoms. The molecule has 0 saturated heterocycles. The molecule has 0 bridgehead atoms. The molecule has 8 heavy (non-hydrogen) atoms. The van der Waals surface area contributed by atoms with Crippen LogP contribution in [0.1, 0.15) is 0 Å². The van der Waals surface area contributed by atoms with Crippen molar-refractivity contribution in [2.45, 2.75) is 0 Å². The average molecular weight is 154 g/mol. The molecule has 2 nitrogen and oxygen atoms in total. The van der Waals surface area contributed by atoms with Crippen LogP contribution in [0.4, 0.5) is 0 Å². The van der Waals surface area contributed by atoms with E-state index in [2.05, 4.69) is 13.2 Å². The van der Waals surface area contributed by atoms with Gasteiger partial charge in [0.15, 0.2) is 0 Å². The monoisotopic (exact) mass is 154 g/mol. The molecular formula is C5H14O2Ti. The maximum absolute atomic E-state index is 7.00. The van der Waals surface area contributed by atoms with Crippen LogP contribution in [0.15, 0.2) is 6.58 Å². The molecule has 0 aliphatic rings. The van der Waals surface area contributed by atoms with E-state index in [1.807, 2.05) is 0 Å². The summed E-state index contributed by atoms with van der Waals surface area (Å²) >= 11 is 0. The zero-order chi connectivity index (χ0) is 6.00. The summed E-state index contributed by atoms with van der Waals surface area (Å²) in [4.78, 5) is 0. The van der Waals surface area contributed by atoms with Gasteiger partial charge in [-0.25, -0.2) is 0 Å². The molecule has 0 spiro atoms. The van der Waals surface area contributed by atoms with Crippen molar-refractivity contribution in [2.24, 2.45) is 0 Å². The molecule has 0 fully saturated rings. The Kier molecular flexibility index (Phi) is 10700. The molecule has 2 N–H and O–H groups in total. The molecule has 0 heterocycles. The summed E-state index contributed by atoms with van der Waals surface area (Å²) in [6.45, 7) is 7.00. The van der Waals surface area contributed by atoms with Crippen LogP contribution in [0.5, 0.6) is 0 Å². The molecular weight excluding hydrogens is 140 g/mol. The number of rotatable bonds is 0. The second kappa shape index (κ2) is 2140. The van der Waals surface area contributed by atoms with Gasteiger partial charge in [0.25, 0.3) is 0 Å². The Labute approximate surface area is 67.1 Å². The van der Waals surface area contributed by atoms with Gasteiger partial charge < -0.3 is 24.2 Å². The smallest absolute Gasteiger partial charge is 0.521 e. The van der Waals surface area contributed by atoms with Gasteiger partial charge in [-0.2, -0.15) is 0 Å². The third kappa shape index (κ3) is 1310. The van der Waals surface area contributed by atoms with Gasteiger partial charge in [-0.1, -0.05) is 0 Å². The fourth-order valence-corrected chi connectivity index (χ4v) is 0. The molecule has 0 aromatic rings. The van der Waals surface area contributed by atoms with Gasteiger partial charge in [0, 0.05) is 14.2 Å². The Hall–Kier alpha value is 0.374. The Bertz CT molecular complexity index is 10.4. The van der Waals surface area contributed by atoms with Gasteiger partial charge in [0.05, 0.1) is 0 Å². The third-order valence-corrected chi connectivity index (χ3v) is 0. The maximum Gasteiger partial charge on any atom is 2.00 e. The van der Waals surface area contributed by atoms with Crippen LogP contribution in [-0.4, -0.2) is 24.4 Å². The third-order valence-electron chi connectivity index (χ3n) is 0. The summed E-state index contributed by atoms with van der Waals surface area (Å²) in [7, 11) is 2.00. The molecule has 0 aliphatic carbocycles. The predicted octanol–water partition coefficient (Wildman–Crippen LogP) is 0.270. The van der Waals surface area contributed by atoms with Crippen molar-refractivity contribution in [3.05, 3.63) is 20.6 Å². The fourth-order valence-electron chi connectivity index (χ4n) is 0. The first-order chi connectivity index (χ1) is 3.00. The number of aliphatic hydroxyl groups is 2. The largest absolute Gasteiger partial charge is 2.00 e. The zero-order valence-corrected chi connectivity index (χ0v) is 7.24. The predicted molar refractivity (Wildman–Crippen MR) is 32.6 cm³/mol. The first kappa shape index (κ1) is 40.0. The molecule has 0 amide bonds. The SMILES string of the molecule is CO.CO.[CH-]=C.[CH3-].[Ti+2]. The van der Waals surface area contributed by atoms with Crippen LogP contribution >= 0.6 is 0 Å². The van der Waals surface area contributed by atoms with Crippen molar-refractivity contribution in [2.75, 3.05) is 14.2 Å². The summed E-state index contributed by atoms with van der Waals surface area (Å²) in [5.41, 5.74) is 0. The first-order valence-electron chi connectivity index (χ1n) is 1.30. The summed E-state index contributed by atoms with van der Waals surface area (Å²) in [6.07, 6.45) is 0. The van der Waals surface area contributed by atoms with Gasteiger partial charge in [-0.3, -0.25) is 6.58 Å². The summed E-state index contributed by atoms with van der Waals surface area (Å²) < 4.78 is 0. The second-order valence-corrected chi connectivity index (χ2v) is 0. The van der Waals surface area contributed by atoms with Gasteiger partial charge in [0.1, 0.15) is 0 Å². The van der Waals surface area contributed by atoms with E-state index in [4.69, 9.17) is 10.2 Å². The fraction of sp³-hybridized carbons (Fsp3) is 0.400. The molecule has 0 unspecified atom stereocenters. The van der Waals surface area contributed by atoms with Gasteiger partial charge in [-0.15, -0.1) is 0 Å². The molecule has 0 aromatic heterocycles. The topological polar surface area (TPSA) is 40.5 Å².